The van der Waals surface area contributed by atoms with Crippen molar-refractivity contribution in [1.29, 1.82) is 0 Å². The zero-order valence-corrected chi connectivity index (χ0v) is 16.5. The first-order chi connectivity index (χ1) is 13.3. The minimum Gasteiger partial charge on any atom is -0.230 e. The van der Waals surface area contributed by atoms with E-state index in [1.807, 2.05) is 47.0 Å². The number of hydrogen-bond acceptors (Lipinski definition) is 7. The molecule has 3 heterocycles. The fourth-order valence-corrected chi connectivity index (χ4v) is 5.33. The van der Waals surface area contributed by atoms with Gasteiger partial charge in [-0.1, -0.05) is 71.6 Å². The lowest BCUT2D eigenvalue weighted by Gasteiger charge is -1.94. The lowest BCUT2D eigenvalue weighted by molar-refractivity contribution is 0.880. The minimum atomic E-state index is 0.687. The topological polar surface area (TPSA) is 56.0 Å². The van der Waals surface area contributed by atoms with Gasteiger partial charge in [0.05, 0.1) is 16.0 Å². The number of benzene rings is 2. The molecule has 8 heteroatoms. The van der Waals surface area contributed by atoms with Crippen LogP contribution in [0.1, 0.15) is 16.4 Å². The van der Waals surface area contributed by atoms with E-state index in [0.29, 0.717) is 5.75 Å². The van der Waals surface area contributed by atoms with E-state index in [4.69, 9.17) is 0 Å². The van der Waals surface area contributed by atoms with Gasteiger partial charge in [0.1, 0.15) is 5.01 Å². The van der Waals surface area contributed by atoms with Crippen LogP contribution in [0.3, 0.4) is 0 Å². The molecule has 2 aromatic carbocycles. The van der Waals surface area contributed by atoms with E-state index >= 15 is 0 Å². The molecule has 132 valence electrons. The smallest absolute Gasteiger partial charge is 0.230 e. The summed E-state index contributed by atoms with van der Waals surface area (Å²) in [6.07, 6.45) is 4.07. The average Bonchev–Trinajstić information content (AvgIpc) is 3.39. The highest BCUT2D eigenvalue weighted by Gasteiger charge is 2.12. The lowest BCUT2D eigenvalue weighted by atomic mass is 10.2. The summed E-state index contributed by atoms with van der Waals surface area (Å²) >= 11 is 4.90. The van der Waals surface area contributed by atoms with Crippen molar-refractivity contribution in [3.8, 4) is 0 Å². The summed E-state index contributed by atoms with van der Waals surface area (Å²) in [4.78, 5) is 5.46. The standard InChI is InChI=1S/C19H13N5S3/c1-2-6-13(7-3-1)10-11-17-23-24-16(21-22-18(24)27-17)12-25-19-20-14-8-4-5-9-15(14)26-19/h1-11H,12H2/b11-10+. The molecule has 5 aromatic rings. The SMILES string of the molecule is C(=C\c1nn2c(CSc3nc4ccccc4s3)nnc2s1)/c1ccccc1. The van der Waals surface area contributed by atoms with Crippen molar-refractivity contribution in [2.45, 2.75) is 10.1 Å². The number of rotatable bonds is 5. The highest BCUT2D eigenvalue weighted by Crippen LogP contribution is 2.31. The maximum absolute atomic E-state index is 4.66. The van der Waals surface area contributed by atoms with E-state index in [1.165, 1.54) is 16.0 Å². The van der Waals surface area contributed by atoms with Gasteiger partial charge in [-0.2, -0.15) is 9.61 Å². The van der Waals surface area contributed by atoms with Crippen LogP contribution < -0.4 is 0 Å². The van der Waals surface area contributed by atoms with E-state index in [2.05, 4.69) is 44.6 Å². The normalized spacial score (nSPS) is 11.9. The molecule has 0 unspecified atom stereocenters. The summed E-state index contributed by atoms with van der Waals surface area (Å²) in [5.74, 6) is 1.52. The Labute approximate surface area is 167 Å². The summed E-state index contributed by atoms with van der Waals surface area (Å²) in [7, 11) is 0. The second-order valence-electron chi connectivity index (χ2n) is 5.73. The molecular weight excluding hydrogens is 394 g/mol. The summed E-state index contributed by atoms with van der Waals surface area (Å²) in [6.45, 7) is 0. The molecule has 27 heavy (non-hydrogen) atoms. The number of fused-ring (bicyclic) bond motifs is 2. The van der Waals surface area contributed by atoms with E-state index < -0.39 is 0 Å². The first kappa shape index (κ1) is 16.6. The molecule has 0 fully saturated rings. The lowest BCUT2D eigenvalue weighted by Crippen LogP contribution is -1.93. The highest BCUT2D eigenvalue weighted by molar-refractivity contribution is 8.00. The summed E-state index contributed by atoms with van der Waals surface area (Å²) < 4.78 is 4.07. The zero-order chi connectivity index (χ0) is 18.1. The quantitative estimate of drug-likeness (QED) is 0.372. The van der Waals surface area contributed by atoms with Crippen LogP contribution in [0.4, 0.5) is 0 Å². The number of aromatic nitrogens is 5. The van der Waals surface area contributed by atoms with Crippen molar-refractivity contribution in [1.82, 2.24) is 24.8 Å². The van der Waals surface area contributed by atoms with Gasteiger partial charge in [-0.3, -0.25) is 0 Å². The summed E-state index contributed by atoms with van der Waals surface area (Å²) in [5, 5.41) is 14.1. The third-order valence-electron chi connectivity index (χ3n) is 3.89. The van der Waals surface area contributed by atoms with Gasteiger partial charge in [0.2, 0.25) is 4.96 Å². The van der Waals surface area contributed by atoms with Crippen molar-refractivity contribution >= 4 is 61.8 Å². The summed E-state index contributed by atoms with van der Waals surface area (Å²) in [6, 6.07) is 18.4. The molecule has 0 saturated carbocycles. The van der Waals surface area contributed by atoms with Crippen LogP contribution in [0.5, 0.6) is 0 Å². The van der Waals surface area contributed by atoms with Crippen LogP contribution >= 0.6 is 34.4 Å². The number of hydrogen-bond donors (Lipinski definition) is 0. The Hall–Kier alpha value is -2.55. The molecule has 0 amide bonds. The fraction of sp³-hybridized carbons (Fsp3) is 0.0526. The molecule has 0 radical (unpaired) electrons. The third kappa shape index (κ3) is 3.51. The van der Waals surface area contributed by atoms with E-state index in [0.717, 1.165) is 31.2 Å². The van der Waals surface area contributed by atoms with Gasteiger partial charge in [0.25, 0.3) is 0 Å². The Morgan fingerprint density at radius 1 is 0.926 bits per heavy atom. The number of para-hydroxylation sites is 1. The van der Waals surface area contributed by atoms with E-state index in [1.54, 1.807) is 23.1 Å². The Bertz CT molecular complexity index is 1200. The highest BCUT2D eigenvalue weighted by atomic mass is 32.2. The molecule has 0 aliphatic carbocycles. The van der Waals surface area contributed by atoms with Gasteiger partial charge in [-0.05, 0) is 23.8 Å². The van der Waals surface area contributed by atoms with Gasteiger partial charge < -0.3 is 0 Å². The average molecular weight is 408 g/mol. The molecule has 0 atom stereocenters. The van der Waals surface area contributed by atoms with Gasteiger partial charge in [-0.15, -0.1) is 21.5 Å². The van der Waals surface area contributed by atoms with Crippen molar-refractivity contribution in [3.63, 3.8) is 0 Å². The number of nitrogens with zero attached hydrogens (tertiary/aromatic N) is 5. The second kappa shape index (κ2) is 7.22. The Morgan fingerprint density at radius 3 is 2.67 bits per heavy atom. The molecule has 0 spiro atoms. The number of thioether (sulfide) groups is 1. The monoisotopic (exact) mass is 407 g/mol. The maximum Gasteiger partial charge on any atom is 0.234 e. The molecule has 0 aliphatic rings. The molecular formula is C19H13N5S3. The van der Waals surface area contributed by atoms with Crippen LogP contribution in [-0.4, -0.2) is 24.8 Å². The van der Waals surface area contributed by atoms with Crippen LogP contribution in [0.15, 0.2) is 58.9 Å². The molecule has 0 aliphatic heterocycles. The van der Waals surface area contributed by atoms with E-state index in [-0.39, 0.29) is 0 Å². The van der Waals surface area contributed by atoms with Crippen LogP contribution in [-0.2, 0) is 5.75 Å². The van der Waals surface area contributed by atoms with Crippen LogP contribution in [0.25, 0.3) is 27.3 Å². The Balaban J connectivity index is 1.34. The van der Waals surface area contributed by atoms with Crippen molar-refractivity contribution < 1.29 is 0 Å². The molecule has 5 nitrogen and oxygen atoms in total. The van der Waals surface area contributed by atoms with Crippen molar-refractivity contribution in [2.75, 3.05) is 0 Å². The predicted molar refractivity (Wildman–Crippen MR) is 113 cm³/mol. The molecule has 0 bridgehead atoms. The van der Waals surface area contributed by atoms with Crippen molar-refractivity contribution in [3.05, 3.63) is 71.0 Å². The van der Waals surface area contributed by atoms with Gasteiger partial charge >= 0.3 is 0 Å². The first-order valence-electron chi connectivity index (χ1n) is 8.28. The van der Waals surface area contributed by atoms with E-state index in [9.17, 15) is 0 Å². The van der Waals surface area contributed by atoms with Gasteiger partial charge in [0, 0.05) is 0 Å². The third-order valence-corrected chi connectivity index (χ3v) is 6.93. The Kier molecular flexibility index (Phi) is 4.44. The van der Waals surface area contributed by atoms with Gasteiger partial charge in [0.15, 0.2) is 10.2 Å². The molecule has 3 aromatic heterocycles. The minimum absolute atomic E-state index is 0.687. The van der Waals surface area contributed by atoms with Gasteiger partial charge in [-0.25, -0.2) is 4.98 Å². The second-order valence-corrected chi connectivity index (χ2v) is 8.97. The fourth-order valence-electron chi connectivity index (χ4n) is 2.60. The number of thiazole rings is 1. The predicted octanol–water partition coefficient (Wildman–Crippen LogP) is 5.26. The molecule has 5 rings (SSSR count). The summed E-state index contributed by atoms with van der Waals surface area (Å²) in [5.41, 5.74) is 2.19. The zero-order valence-electron chi connectivity index (χ0n) is 14.0. The molecule has 0 N–H and O–H groups in total. The first-order valence-corrected chi connectivity index (χ1v) is 10.9. The largest absolute Gasteiger partial charge is 0.234 e. The van der Waals surface area contributed by atoms with Crippen LogP contribution in [0, 0.1) is 0 Å². The molecule has 0 saturated heterocycles. The maximum atomic E-state index is 4.66. The Morgan fingerprint density at radius 2 is 1.78 bits per heavy atom. The van der Waals surface area contributed by atoms with Crippen LogP contribution in [0.2, 0.25) is 0 Å². The van der Waals surface area contributed by atoms with Crippen molar-refractivity contribution in [2.24, 2.45) is 0 Å².